The molecule has 1 aromatic carbocycles. The van der Waals surface area contributed by atoms with E-state index < -0.39 is 50.3 Å². The Morgan fingerprint density at radius 2 is 1.55 bits per heavy atom. The standard InChI is InChI=1S/C20H31N3O8S2/c1-6-21(7-2)32(27,28)15-8-10-16(11-9-15)33(29,30)22-12-13-23(17(14-22)18(24)25)19(26)31-20(3,4)5/h8-11,17H,6-7,12-14H2,1-5H3,(H,24,25)/t17-/m1/s1. The number of hydrogen-bond donors (Lipinski definition) is 1. The topological polar surface area (TPSA) is 142 Å². The average molecular weight is 506 g/mol. The molecule has 186 valence electrons. The number of carboxylic acids is 1. The van der Waals surface area contributed by atoms with Crippen molar-refractivity contribution in [2.75, 3.05) is 32.7 Å². The van der Waals surface area contributed by atoms with Gasteiger partial charge in [-0.3, -0.25) is 4.90 Å². The number of carbonyl (C=O) groups is 2. The molecular weight excluding hydrogens is 474 g/mol. The van der Waals surface area contributed by atoms with E-state index in [-0.39, 0.29) is 36.0 Å². The van der Waals surface area contributed by atoms with Crippen molar-refractivity contribution in [1.82, 2.24) is 13.5 Å². The van der Waals surface area contributed by atoms with Crippen LogP contribution in [0.25, 0.3) is 0 Å². The highest BCUT2D eigenvalue weighted by Gasteiger charge is 2.41. The van der Waals surface area contributed by atoms with Gasteiger partial charge in [0.2, 0.25) is 20.0 Å². The third kappa shape index (κ3) is 6.02. The van der Waals surface area contributed by atoms with Gasteiger partial charge in [0.25, 0.3) is 0 Å². The lowest BCUT2D eigenvalue weighted by Gasteiger charge is -2.39. The molecule has 1 aromatic rings. The minimum Gasteiger partial charge on any atom is -0.480 e. The summed E-state index contributed by atoms with van der Waals surface area (Å²) >= 11 is 0. The highest BCUT2D eigenvalue weighted by Crippen LogP contribution is 2.24. The normalized spacial score (nSPS) is 18.4. The van der Waals surface area contributed by atoms with E-state index in [1.165, 1.54) is 28.6 Å². The number of ether oxygens (including phenoxy) is 1. The Morgan fingerprint density at radius 3 is 2.00 bits per heavy atom. The van der Waals surface area contributed by atoms with E-state index in [1.807, 2.05) is 0 Å². The van der Waals surface area contributed by atoms with Crippen molar-refractivity contribution in [3.8, 4) is 0 Å². The largest absolute Gasteiger partial charge is 0.480 e. The number of benzene rings is 1. The monoisotopic (exact) mass is 505 g/mol. The Hall–Kier alpha value is -2.22. The molecule has 1 N–H and O–H groups in total. The molecule has 1 fully saturated rings. The number of hydrogen-bond acceptors (Lipinski definition) is 7. The summed E-state index contributed by atoms with van der Waals surface area (Å²) in [6.07, 6.45) is -0.835. The summed E-state index contributed by atoms with van der Waals surface area (Å²) in [6, 6.07) is 3.37. The second-order valence-electron chi connectivity index (χ2n) is 8.45. The SMILES string of the molecule is CCN(CC)S(=O)(=O)c1ccc(S(=O)(=O)N2CCN(C(=O)OC(C)(C)C)[C@@H](C(=O)O)C2)cc1. The van der Waals surface area contributed by atoms with E-state index >= 15 is 0 Å². The summed E-state index contributed by atoms with van der Waals surface area (Å²) in [5.41, 5.74) is -0.837. The third-order valence-corrected chi connectivity index (χ3v) is 9.00. The summed E-state index contributed by atoms with van der Waals surface area (Å²) in [7, 11) is -7.87. The first-order valence-electron chi connectivity index (χ1n) is 10.5. The Balaban J connectivity index is 2.27. The molecule has 1 amide bonds. The molecule has 0 aliphatic carbocycles. The lowest BCUT2D eigenvalue weighted by molar-refractivity contribution is -0.144. The van der Waals surface area contributed by atoms with Gasteiger partial charge in [-0.15, -0.1) is 0 Å². The number of amides is 1. The van der Waals surface area contributed by atoms with E-state index in [0.29, 0.717) is 0 Å². The Bertz CT molecular complexity index is 1080. The average Bonchev–Trinajstić information content (AvgIpc) is 2.72. The molecule has 1 heterocycles. The molecule has 1 aliphatic rings. The van der Waals surface area contributed by atoms with Crippen molar-refractivity contribution in [3.05, 3.63) is 24.3 Å². The van der Waals surface area contributed by atoms with Crippen LogP contribution >= 0.6 is 0 Å². The van der Waals surface area contributed by atoms with E-state index in [0.717, 1.165) is 9.21 Å². The minimum atomic E-state index is -4.12. The second kappa shape index (κ2) is 9.95. The Kier molecular flexibility index (Phi) is 8.15. The molecule has 1 atom stereocenters. The number of carboxylic acid groups (broad SMARTS) is 1. The first kappa shape index (κ1) is 27.0. The molecule has 0 bridgehead atoms. The van der Waals surface area contributed by atoms with Gasteiger partial charge in [-0.2, -0.15) is 8.61 Å². The highest BCUT2D eigenvalue weighted by atomic mass is 32.2. The quantitative estimate of drug-likeness (QED) is 0.586. The first-order valence-corrected chi connectivity index (χ1v) is 13.4. The number of carbonyl (C=O) groups excluding carboxylic acids is 1. The van der Waals surface area contributed by atoms with Crippen molar-refractivity contribution in [3.63, 3.8) is 0 Å². The predicted octanol–water partition coefficient (Wildman–Crippen LogP) is 1.41. The number of sulfonamides is 2. The maximum atomic E-state index is 13.1. The minimum absolute atomic E-state index is 0.0386. The molecular formula is C20H31N3O8S2. The van der Waals surface area contributed by atoms with Crippen LogP contribution in [0.4, 0.5) is 4.79 Å². The van der Waals surface area contributed by atoms with Gasteiger partial charge < -0.3 is 9.84 Å². The van der Waals surface area contributed by atoms with Crippen LogP contribution in [0, 0.1) is 0 Å². The van der Waals surface area contributed by atoms with Crippen molar-refractivity contribution in [1.29, 1.82) is 0 Å². The van der Waals surface area contributed by atoms with Gasteiger partial charge >= 0.3 is 12.1 Å². The predicted molar refractivity (Wildman–Crippen MR) is 120 cm³/mol. The van der Waals surface area contributed by atoms with Crippen LogP contribution < -0.4 is 0 Å². The van der Waals surface area contributed by atoms with E-state index in [9.17, 15) is 31.5 Å². The summed E-state index contributed by atoms with van der Waals surface area (Å²) < 4.78 is 58.9. The number of rotatable bonds is 7. The van der Waals surface area contributed by atoms with Crippen LogP contribution in [0.1, 0.15) is 34.6 Å². The van der Waals surface area contributed by atoms with Crippen molar-refractivity contribution in [2.45, 2.75) is 56.1 Å². The summed E-state index contributed by atoms with van der Waals surface area (Å²) in [5.74, 6) is -1.36. The fourth-order valence-corrected chi connectivity index (χ4v) is 6.27. The molecule has 11 nitrogen and oxygen atoms in total. The molecule has 0 radical (unpaired) electrons. The van der Waals surface area contributed by atoms with Crippen LogP contribution in [0.2, 0.25) is 0 Å². The van der Waals surface area contributed by atoms with Crippen molar-refractivity contribution in [2.24, 2.45) is 0 Å². The van der Waals surface area contributed by atoms with Gasteiger partial charge in [0, 0.05) is 32.7 Å². The summed E-state index contributed by atoms with van der Waals surface area (Å²) in [6.45, 7) is 8.13. The maximum Gasteiger partial charge on any atom is 0.411 e. The summed E-state index contributed by atoms with van der Waals surface area (Å²) in [5, 5.41) is 9.59. The van der Waals surface area contributed by atoms with Crippen LogP contribution in [-0.4, -0.2) is 91.9 Å². The Morgan fingerprint density at radius 1 is 1.03 bits per heavy atom. The number of nitrogens with zero attached hydrogens (tertiary/aromatic N) is 3. The van der Waals surface area contributed by atoms with Gasteiger partial charge in [-0.1, -0.05) is 13.8 Å². The highest BCUT2D eigenvalue weighted by molar-refractivity contribution is 7.89. The van der Waals surface area contributed by atoms with E-state index in [4.69, 9.17) is 4.74 Å². The summed E-state index contributed by atoms with van der Waals surface area (Å²) in [4.78, 5) is 25.0. The Labute approximate surface area is 195 Å². The van der Waals surface area contributed by atoms with Gasteiger partial charge in [0.1, 0.15) is 11.6 Å². The molecule has 0 aromatic heterocycles. The maximum absolute atomic E-state index is 13.1. The molecule has 2 rings (SSSR count). The van der Waals surface area contributed by atoms with Crippen LogP contribution in [-0.2, 0) is 29.6 Å². The van der Waals surface area contributed by atoms with Gasteiger partial charge in [0.15, 0.2) is 0 Å². The molecule has 1 saturated heterocycles. The zero-order valence-electron chi connectivity index (χ0n) is 19.4. The van der Waals surface area contributed by atoms with Crippen LogP contribution in [0.3, 0.4) is 0 Å². The fourth-order valence-electron chi connectivity index (χ4n) is 3.37. The molecule has 0 unspecified atom stereocenters. The molecule has 33 heavy (non-hydrogen) atoms. The van der Waals surface area contributed by atoms with Crippen molar-refractivity contribution < 1.29 is 36.3 Å². The van der Waals surface area contributed by atoms with Crippen LogP contribution in [0.15, 0.2) is 34.1 Å². The molecule has 1 aliphatic heterocycles. The molecule has 13 heteroatoms. The lowest BCUT2D eigenvalue weighted by Crippen LogP contribution is -2.59. The van der Waals surface area contributed by atoms with Crippen LogP contribution in [0.5, 0.6) is 0 Å². The second-order valence-corrected chi connectivity index (χ2v) is 12.3. The molecule has 0 spiro atoms. The van der Waals surface area contributed by atoms with E-state index in [2.05, 4.69) is 0 Å². The van der Waals surface area contributed by atoms with Crippen molar-refractivity contribution >= 4 is 32.1 Å². The molecule has 0 saturated carbocycles. The zero-order valence-corrected chi connectivity index (χ0v) is 21.0. The number of aliphatic carboxylic acids is 1. The van der Waals surface area contributed by atoms with E-state index in [1.54, 1.807) is 34.6 Å². The fraction of sp³-hybridized carbons (Fsp3) is 0.600. The third-order valence-electron chi connectivity index (χ3n) is 5.06. The smallest absolute Gasteiger partial charge is 0.411 e. The van der Waals surface area contributed by atoms with Gasteiger partial charge in [-0.05, 0) is 45.0 Å². The lowest BCUT2D eigenvalue weighted by atomic mass is 10.2. The first-order chi connectivity index (χ1) is 15.1. The van der Waals surface area contributed by atoms with Gasteiger partial charge in [0.05, 0.1) is 9.79 Å². The zero-order chi connectivity index (χ0) is 25.2. The number of piperazine rings is 1. The van der Waals surface area contributed by atoms with Gasteiger partial charge in [-0.25, -0.2) is 26.4 Å².